The number of nitrogens with one attached hydrogen (secondary N) is 1. The Balaban J connectivity index is 1.66. The minimum absolute atomic E-state index is 0.00140. The number of aryl methyl sites for hydroxylation is 1. The molecule has 0 radical (unpaired) electrons. The fourth-order valence-corrected chi connectivity index (χ4v) is 4.29. The Morgan fingerprint density at radius 2 is 2.00 bits per heavy atom. The van der Waals surface area contributed by atoms with E-state index in [4.69, 9.17) is 9.88 Å². The number of rotatable bonds is 6. The lowest BCUT2D eigenvalue weighted by molar-refractivity contribution is 0.243. The smallest absolute Gasteiger partial charge is 0.238 e. The number of nitrogens with two attached hydrogens (primary N) is 1. The highest BCUT2D eigenvalue weighted by molar-refractivity contribution is 7.89. The molecule has 0 aliphatic carbocycles. The van der Waals surface area contributed by atoms with Gasteiger partial charge < -0.3 is 14.6 Å². The van der Waals surface area contributed by atoms with Crippen molar-refractivity contribution in [2.75, 3.05) is 5.32 Å². The van der Waals surface area contributed by atoms with Gasteiger partial charge in [0.2, 0.25) is 10.0 Å². The van der Waals surface area contributed by atoms with Crippen LogP contribution in [0.15, 0.2) is 53.0 Å². The molecular formula is C20H21N5O3S2. The summed E-state index contributed by atoms with van der Waals surface area (Å²) in [6, 6.07) is 10.5. The Kier molecular flexibility index (Phi) is 5.22. The summed E-state index contributed by atoms with van der Waals surface area (Å²) >= 11 is 1.41. The van der Waals surface area contributed by atoms with Crippen LogP contribution in [0.3, 0.4) is 0 Å². The first-order valence-corrected chi connectivity index (χ1v) is 11.6. The van der Waals surface area contributed by atoms with Crippen LogP contribution in [0.1, 0.15) is 13.8 Å². The number of fused-ring (bicyclic) bond motifs is 1. The van der Waals surface area contributed by atoms with Crippen LogP contribution in [0.5, 0.6) is 5.75 Å². The topological polar surface area (TPSA) is 112 Å². The van der Waals surface area contributed by atoms with Crippen LogP contribution in [0, 0.1) is 0 Å². The molecule has 0 fully saturated rings. The second kappa shape index (κ2) is 7.71. The zero-order chi connectivity index (χ0) is 21.5. The van der Waals surface area contributed by atoms with E-state index in [1.165, 1.54) is 23.5 Å². The summed E-state index contributed by atoms with van der Waals surface area (Å²) in [5.74, 6) is 0.518. The number of nitrogens with zero attached hydrogens (tertiary/aromatic N) is 3. The van der Waals surface area contributed by atoms with Crippen molar-refractivity contribution in [2.45, 2.75) is 24.8 Å². The van der Waals surface area contributed by atoms with Crippen LogP contribution in [0.4, 0.5) is 10.8 Å². The minimum Gasteiger partial charge on any atom is -0.489 e. The molecule has 0 bridgehead atoms. The van der Waals surface area contributed by atoms with E-state index in [9.17, 15) is 8.42 Å². The fraction of sp³-hybridized carbons (Fsp3) is 0.200. The summed E-state index contributed by atoms with van der Waals surface area (Å²) in [4.78, 5) is 9.03. The van der Waals surface area contributed by atoms with Gasteiger partial charge in [0.1, 0.15) is 5.75 Å². The number of imidazole rings is 1. The first-order valence-electron chi connectivity index (χ1n) is 9.18. The average Bonchev–Trinajstić information content (AvgIpc) is 3.28. The van der Waals surface area contributed by atoms with Gasteiger partial charge in [-0.25, -0.2) is 23.5 Å². The Bertz CT molecular complexity index is 1330. The summed E-state index contributed by atoms with van der Waals surface area (Å²) in [5, 5.41) is 11.0. The number of benzene rings is 2. The van der Waals surface area contributed by atoms with Crippen molar-refractivity contribution in [1.82, 2.24) is 14.5 Å². The minimum atomic E-state index is -3.84. The quantitative estimate of drug-likeness (QED) is 0.468. The molecule has 10 heteroatoms. The molecule has 0 aliphatic rings. The molecule has 0 aliphatic heterocycles. The molecule has 0 amide bonds. The lowest BCUT2D eigenvalue weighted by Gasteiger charge is -2.15. The van der Waals surface area contributed by atoms with E-state index in [1.54, 1.807) is 12.4 Å². The maximum Gasteiger partial charge on any atom is 0.238 e. The highest BCUT2D eigenvalue weighted by Gasteiger charge is 2.15. The molecule has 0 unspecified atom stereocenters. The molecule has 8 nitrogen and oxygen atoms in total. The Hall–Kier alpha value is -2.95. The normalized spacial score (nSPS) is 11.9. The molecule has 4 rings (SSSR count). The fourth-order valence-electron chi connectivity index (χ4n) is 3.01. The number of aromatic nitrogens is 3. The van der Waals surface area contributed by atoms with Gasteiger partial charge in [0.25, 0.3) is 0 Å². The number of sulfonamides is 1. The maximum atomic E-state index is 11.8. The monoisotopic (exact) mass is 443 g/mol. The van der Waals surface area contributed by atoms with E-state index in [-0.39, 0.29) is 11.0 Å². The Morgan fingerprint density at radius 1 is 1.20 bits per heavy atom. The number of hydrogen-bond acceptors (Lipinski definition) is 7. The summed E-state index contributed by atoms with van der Waals surface area (Å²) in [6.45, 7) is 3.79. The van der Waals surface area contributed by atoms with Crippen molar-refractivity contribution >= 4 is 43.2 Å². The van der Waals surface area contributed by atoms with Gasteiger partial charge in [0.05, 0.1) is 39.7 Å². The number of hydrogen-bond donors (Lipinski definition) is 2. The van der Waals surface area contributed by atoms with E-state index in [0.717, 1.165) is 22.3 Å². The SMILES string of the molecule is CC(C)Oc1ccc(S(N)(=O)=O)cc1Nc1nc(-c2ccc3c(c2)ncn3C)cs1. The predicted molar refractivity (Wildman–Crippen MR) is 119 cm³/mol. The molecule has 0 saturated carbocycles. The third kappa shape index (κ3) is 4.16. The van der Waals surface area contributed by atoms with Crippen molar-refractivity contribution in [2.24, 2.45) is 12.2 Å². The average molecular weight is 444 g/mol. The second-order valence-electron chi connectivity index (χ2n) is 7.09. The molecule has 156 valence electrons. The van der Waals surface area contributed by atoms with Gasteiger partial charge in [-0.15, -0.1) is 11.3 Å². The van der Waals surface area contributed by atoms with Crippen molar-refractivity contribution in [3.05, 3.63) is 48.1 Å². The Morgan fingerprint density at radius 3 is 2.73 bits per heavy atom. The molecular weight excluding hydrogens is 422 g/mol. The van der Waals surface area contributed by atoms with E-state index >= 15 is 0 Å². The van der Waals surface area contributed by atoms with Gasteiger partial charge >= 0.3 is 0 Å². The van der Waals surface area contributed by atoms with Crippen LogP contribution in [-0.4, -0.2) is 29.1 Å². The highest BCUT2D eigenvalue weighted by atomic mass is 32.2. The number of ether oxygens (including phenoxy) is 1. The van der Waals surface area contributed by atoms with Gasteiger partial charge in [-0.2, -0.15) is 0 Å². The first kappa shape index (κ1) is 20.3. The van der Waals surface area contributed by atoms with E-state index in [1.807, 2.05) is 49.0 Å². The molecule has 2 aromatic heterocycles. The summed E-state index contributed by atoms with van der Waals surface area (Å²) in [7, 11) is -1.89. The van der Waals surface area contributed by atoms with Crippen molar-refractivity contribution in [1.29, 1.82) is 0 Å². The van der Waals surface area contributed by atoms with Crippen molar-refractivity contribution in [3.8, 4) is 17.0 Å². The largest absolute Gasteiger partial charge is 0.489 e. The summed E-state index contributed by atoms with van der Waals surface area (Å²) < 4.78 is 31.3. The molecule has 0 saturated heterocycles. The zero-order valence-corrected chi connectivity index (χ0v) is 18.3. The number of primary sulfonamides is 1. The number of thiazole rings is 1. The lowest BCUT2D eigenvalue weighted by atomic mass is 10.1. The zero-order valence-electron chi connectivity index (χ0n) is 16.7. The molecule has 2 aromatic carbocycles. The molecule has 0 atom stereocenters. The van der Waals surface area contributed by atoms with Crippen LogP contribution in [0.25, 0.3) is 22.3 Å². The number of anilines is 2. The van der Waals surface area contributed by atoms with Crippen LogP contribution in [0.2, 0.25) is 0 Å². The van der Waals surface area contributed by atoms with Crippen LogP contribution >= 0.6 is 11.3 Å². The molecule has 2 heterocycles. The van der Waals surface area contributed by atoms with Gasteiger partial charge in [-0.1, -0.05) is 6.07 Å². The second-order valence-corrected chi connectivity index (χ2v) is 9.51. The first-order chi connectivity index (χ1) is 14.2. The highest BCUT2D eigenvalue weighted by Crippen LogP contribution is 2.34. The van der Waals surface area contributed by atoms with Gasteiger partial charge in [-0.3, -0.25) is 0 Å². The lowest BCUT2D eigenvalue weighted by Crippen LogP contribution is -2.13. The third-order valence-corrected chi connectivity index (χ3v) is 6.08. The third-order valence-electron chi connectivity index (χ3n) is 4.41. The molecule has 0 spiro atoms. The van der Waals surface area contributed by atoms with Gasteiger partial charge in [0, 0.05) is 18.0 Å². The van der Waals surface area contributed by atoms with Gasteiger partial charge in [0.15, 0.2) is 5.13 Å². The molecule has 30 heavy (non-hydrogen) atoms. The van der Waals surface area contributed by atoms with E-state index < -0.39 is 10.0 Å². The molecule has 4 aromatic rings. The van der Waals surface area contributed by atoms with Crippen molar-refractivity contribution in [3.63, 3.8) is 0 Å². The van der Waals surface area contributed by atoms with Crippen molar-refractivity contribution < 1.29 is 13.2 Å². The van der Waals surface area contributed by atoms with Crippen LogP contribution in [-0.2, 0) is 17.1 Å². The summed E-state index contributed by atoms with van der Waals surface area (Å²) in [6.07, 6.45) is 1.69. The van der Waals surface area contributed by atoms with Gasteiger partial charge in [-0.05, 0) is 44.2 Å². The standard InChI is InChI=1S/C20H21N5O3S2/c1-12(2)28-19-7-5-14(30(21,26)27)9-16(19)23-20-24-17(10-29-20)13-4-6-18-15(8-13)22-11-25(18)3/h4-12H,1-3H3,(H,23,24)(H2,21,26,27). The van der Waals surface area contributed by atoms with E-state index in [2.05, 4.69) is 15.3 Å². The molecule has 3 N–H and O–H groups in total. The Labute approximate surface area is 178 Å². The predicted octanol–water partition coefficient (Wildman–Crippen LogP) is 3.88. The van der Waals surface area contributed by atoms with Crippen LogP contribution < -0.4 is 15.2 Å². The maximum absolute atomic E-state index is 11.8. The summed E-state index contributed by atoms with van der Waals surface area (Å²) in [5.41, 5.74) is 4.16. The van der Waals surface area contributed by atoms with E-state index in [0.29, 0.717) is 16.6 Å².